The second-order valence-electron chi connectivity index (χ2n) is 7.03. The Morgan fingerprint density at radius 1 is 1.03 bits per heavy atom. The zero-order valence-electron chi connectivity index (χ0n) is 17.8. The van der Waals surface area contributed by atoms with Gasteiger partial charge in [0.1, 0.15) is 23.1 Å². The quantitative estimate of drug-likeness (QED) is 0.443. The topological polar surface area (TPSA) is 77.4 Å². The lowest BCUT2D eigenvalue weighted by molar-refractivity contribution is 0.251. The number of aromatic nitrogens is 2. The van der Waals surface area contributed by atoms with Crippen molar-refractivity contribution in [1.29, 1.82) is 0 Å². The standard InChI is InChI=1S/C24H23FN4O3/c1-31-18-11-12-20(22(15-18)32-2)28-24(30)26-13-14-29-21-6-4-3-5-19(21)27-23(29)16-7-9-17(25)10-8-16/h3-12,15H,13-14H2,1-2H3,(H2,26,28,30). The maximum absolute atomic E-state index is 13.4. The van der Waals surface area contributed by atoms with Crippen LogP contribution in [0.1, 0.15) is 0 Å². The lowest BCUT2D eigenvalue weighted by Crippen LogP contribution is -2.31. The normalized spacial score (nSPS) is 10.7. The number of methoxy groups -OCH3 is 2. The van der Waals surface area contributed by atoms with Gasteiger partial charge in [-0.2, -0.15) is 0 Å². The second kappa shape index (κ2) is 9.38. The Kier molecular flexibility index (Phi) is 6.21. The van der Waals surface area contributed by atoms with Gasteiger partial charge >= 0.3 is 6.03 Å². The van der Waals surface area contributed by atoms with E-state index in [4.69, 9.17) is 14.5 Å². The van der Waals surface area contributed by atoms with Gasteiger partial charge in [-0.3, -0.25) is 0 Å². The Bertz CT molecular complexity index is 1240. The molecule has 0 atom stereocenters. The van der Waals surface area contributed by atoms with Crippen LogP contribution >= 0.6 is 0 Å². The molecule has 0 aliphatic heterocycles. The first-order valence-electron chi connectivity index (χ1n) is 10.1. The number of nitrogens with one attached hydrogen (secondary N) is 2. The van der Waals surface area contributed by atoms with Gasteiger partial charge in [-0.1, -0.05) is 12.1 Å². The largest absolute Gasteiger partial charge is 0.497 e. The number of ether oxygens (including phenoxy) is 2. The maximum atomic E-state index is 13.4. The summed E-state index contributed by atoms with van der Waals surface area (Å²) in [6.45, 7) is 0.846. The highest BCUT2D eigenvalue weighted by Gasteiger charge is 2.13. The van der Waals surface area contributed by atoms with Gasteiger partial charge < -0.3 is 24.7 Å². The molecule has 0 saturated heterocycles. The molecular formula is C24H23FN4O3. The van der Waals surface area contributed by atoms with Crippen molar-refractivity contribution in [1.82, 2.24) is 14.9 Å². The predicted octanol–water partition coefficient (Wildman–Crippen LogP) is 4.68. The number of benzene rings is 3. The van der Waals surface area contributed by atoms with E-state index >= 15 is 0 Å². The lowest BCUT2D eigenvalue weighted by atomic mass is 10.2. The summed E-state index contributed by atoms with van der Waals surface area (Å²) in [6, 6.07) is 18.8. The first-order chi connectivity index (χ1) is 15.6. The molecular weight excluding hydrogens is 411 g/mol. The van der Waals surface area contributed by atoms with Crippen LogP contribution in [-0.2, 0) is 6.54 Å². The Morgan fingerprint density at radius 2 is 1.81 bits per heavy atom. The van der Waals surface area contributed by atoms with E-state index in [1.165, 1.54) is 19.2 Å². The number of amides is 2. The number of para-hydroxylation sites is 2. The summed E-state index contributed by atoms with van der Waals surface area (Å²) in [5.41, 5.74) is 3.10. The van der Waals surface area contributed by atoms with Crippen LogP contribution in [0, 0.1) is 5.82 Å². The summed E-state index contributed by atoms with van der Waals surface area (Å²) in [5.74, 6) is 1.54. The lowest BCUT2D eigenvalue weighted by Gasteiger charge is -2.13. The maximum Gasteiger partial charge on any atom is 0.319 e. The van der Waals surface area contributed by atoms with Crippen molar-refractivity contribution < 1.29 is 18.7 Å². The van der Waals surface area contributed by atoms with Crippen LogP contribution in [0.3, 0.4) is 0 Å². The van der Waals surface area contributed by atoms with Crippen LogP contribution in [0.5, 0.6) is 11.5 Å². The van der Waals surface area contributed by atoms with Crippen LogP contribution < -0.4 is 20.1 Å². The van der Waals surface area contributed by atoms with Gasteiger partial charge in [0.05, 0.1) is 30.9 Å². The van der Waals surface area contributed by atoms with Crippen molar-refractivity contribution in [2.75, 3.05) is 26.1 Å². The number of fused-ring (bicyclic) bond motifs is 1. The SMILES string of the molecule is COc1ccc(NC(=O)NCCn2c(-c3ccc(F)cc3)nc3ccccc32)c(OC)c1. The molecule has 0 aliphatic rings. The van der Waals surface area contributed by atoms with E-state index in [1.54, 1.807) is 37.4 Å². The van der Waals surface area contributed by atoms with E-state index < -0.39 is 0 Å². The molecule has 0 aliphatic carbocycles. The predicted molar refractivity (Wildman–Crippen MR) is 122 cm³/mol. The number of carbonyl (C=O) groups excluding carboxylic acids is 1. The molecule has 7 nitrogen and oxygen atoms in total. The van der Waals surface area contributed by atoms with Gasteiger partial charge in [-0.15, -0.1) is 0 Å². The number of halogens is 1. The molecule has 2 amide bonds. The summed E-state index contributed by atoms with van der Waals surface area (Å²) in [7, 11) is 3.09. The van der Waals surface area contributed by atoms with Gasteiger partial charge in [-0.05, 0) is 48.5 Å². The van der Waals surface area contributed by atoms with Crippen molar-refractivity contribution in [3.05, 3.63) is 72.5 Å². The molecule has 0 saturated carbocycles. The summed E-state index contributed by atoms with van der Waals surface area (Å²) in [6.07, 6.45) is 0. The van der Waals surface area contributed by atoms with Gasteiger partial charge in [0, 0.05) is 24.7 Å². The number of hydrogen-bond acceptors (Lipinski definition) is 4. The highest BCUT2D eigenvalue weighted by atomic mass is 19.1. The van der Waals surface area contributed by atoms with E-state index in [9.17, 15) is 9.18 Å². The first kappa shape index (κ1) is 21.2. The minimum Gasteiger partial charge on any atom is -0.497 e. The minimum atomic E-state index is -0.360. The van der Waals surface area contributed by atoms with Gasteiger partial charge in [0.15, 0.2) is 0 Å². The zero-order chi connectivity index (χ0) is 22.5. The third kappa shape index (κ3) is 4.49. The number of imidazole rings is 1. The van der Waals surface area contributed by atoms with Crippen LogP contribution in [0.4, 0.5) is 14.9 Å². The molecule has 0 spiro atoms. The minimum absolute atomic E-state index is 0.302. The van der Waals surface area contributed by atoms with Crippen molar-refractivity contribution in [2.45, 2.75) is 6.54 Å². The molecule has 2 N–H and O–H groups in total. The summed E-state index contributed by atoms with van der Waals surface area (Å²) in [5, 5.41) is 5.64. The summed E-state index contributed by atoms with van der Waals surface area (Å²) < 4.78 is 25.9. The molecule has 164 valence electrons. The second-order valence-corrected chi connectivity index (χ2v) is 7.03. The van der Waals surface area contributed by atoms with Gasteiger partial charge in [0.25, 0.3) is 0 Å². The van der Waals surface area contributed by atoms with Crippen molar-refractivity contribution in [3.8, 4) is 22.9 Å². The fraction of sp³-hybridized carbons (Fsp3) is 0.167. The van der Waals surface area contributed by atoms with E-state index in [1.807, 2.05) is 28.8 Å². The Morgan fingerprint density at radius 3 is 2.56 bits per heavy atom. The smallest absolute Gasteiger partial charge is 0.319 e. The molecule has 0 fully saturated rings. The third-order valence-corrected chi connectivity index (χ3v) is 5.03. The number of hydrogen-bond donors (Lipinski definition) is 2. The monoisotopic (exact) mass is 434 g/mol. The molecule has 1 heterocycles. The van der Waals surface area contributed by atoms with E-state index in [2.05, 4.69) is 10.6 Å². The molecule has 0 radical (unpaired) electrons. The number of urea groups is 1. The Balaban J connectivity index is 1.48. The van der Waals surface area contributed by atoms with E-state index in [-0.39, 0.29) is 11.8 Å². The van der Waals surface area contributed by atoms with Gasteiger partial charge in [-0.25, -0.2) is 14.2 Å². The molecule has 4 aromatic rings. The van der Waals surface area contributed by atoms with E-state index in [0.717, 1.165) is 16.6 Å². The number of anilines is 1. The van der Waals surface area contributed by atoms with Crippen LogP contribution in [-0.4, -0.2) is 36.3 Å². The molecule has 32 heavy (non-hydrogen) atoms. The zero-order valence-corrected chi connectivity index (χ0v) is 17.8. The van der Waals surface area contributed by atoms with Crippen LogP contribution in [0.15, 0.2) is 66.7 Å². The molecule has 4 rings (SSSR count). The average Bonchev–Trinajstić information content (AvgIpc) is 3.18. The summed E-state index contributed by atoms with van der Waals surface area (Å²) in [4.78, 5) is 17.1. The first-order valence-corrected chi connectivity index (χ1v) is 10.1. The fourth-order valence-electron chi connectivity index (χ4n) is 3.47. The third-order valence-electron chi connectivity index (χ3n) is 5.03. The fourth-order valence-corrected chi connectivity index (χ4v) is 3.47. The summed E-state index contributed by atoms with van der Waals surface area (Å²) >= 11 is 0. The van der Waals surface area contributed by atoms with Crippen molar-refractivity contribution in [3.63, 3.8) is 0 Å². The van der Waals surface area contributed by atoms with Crippen LogP contribution in [0.2, 0.25) is 0 Å². The Labute approximate surface area is 184 Å². The van der Waals surface area contributed by atoms with Gasteiger partial charge in [0.2, 0.25) is 0 Å². The highest BCUT2D eigenvalue weighted by molar-refractivity contribution is 5.91. The van der Waals surface area contributed by atoms with Crippen molar-refractivity contribution >= 4 is 22.8 Å². The average molecular weight is 434 g/mol. The van der Waals surface area contributed by atoms with E-state index in [0.29, 0.717) is 36.1 Å². The van der Waals surface area contributed by atoms with Crippen LogP contribution in [0.25, 0.3) is 22.4 Å². The highest BCUT2D eigenvalue weighted by Crippen LogP contribution is 2.29. The number of nitrogens with zero attached hydrogens (tertiary/aromatic N) is 2. The number of rotatable bonds is 7. The molecule has 0 bridgehead atoms. The number of carbonyl (C=O) groups is 1. The molecule has 8 heteroatoms. The molecule has 3 aromatic carbocycles. The molecule has 1 aromatic heterocycles. The van der Waals surface area contributed by atoms with Crippen molar-refractivity contribution in [2.24, 2.45) is 0 Å². The Hall–Kier alpha value is -4.07. The molecule has 0 unspecified atom stereocenters.